The number of anilines is 2. The van der Waals surface area contributed by atoms with Gasteiger partial charge < -0.3 is 20.0 Å². The van der Waals surface area contributed by atoms with E-state index in [1.165, 1.54) is 5.69 Å². The Kier molecular flexibility index (Phi) is 4.11. The summed E-state index contributed by atoms with van der Waals surface area (Å²) >= 11 is 0. The summed E-state index contributed by atoms with van der Waals surface area (Å²) in [7, 11) is 0. The highest BCUT2D eigenvalue weighted by atomic mass is 16.3. The number of benzene rings is 1. The van der Waals surface area contributed by atoms with Crippen molar-refractivity contribution in [2.45, 2.75) is 6.92 Å². The molecule has 0 aliphatic carbocycles. The second kappa shape index (κ2) is 6.57. The van der Waals surface area contributed by atoms with Crippen LogP contribution in [0.25, 0.3) is 11.1 Å². The molecule has 0 unspecified atom stereocenters. The average molecular weight is 336 g/mol. The van der Waals surface area contributed by atoms with E-state index in [4.69, 9.17) is 4.42 Å². The Morgan fingerprint density at radius 2 is 2.08 bits per heavy atom. The van der Waals surface area contributed by atoms with Crippen LogP contribution < -0.4 is 15.5 Å². The van der Waals surface area contributed by atoms with Gasteiger partial charge in [0.1, 0.15) is 5.52 Å². The van der Waals surface area contributed by atoms with Crippen LogP contribution in [0.1, 0.15) is 16.1 Å². The minimum Gasteiger partial charge on any atom is -0.449 e. The number of hydrogen-bond acceptors (Lipinski definition) is 5. The second-order valence-corrected chi connectivity index (χ2v) is 6.19. The van der Waals surface area contributed by atoms with Gasteiger partial charge in [0.15, 0.2) is 11.3 Å². The molecule has 0 bridgehead atoms. The Balaban J connectivity index is 1.52. The number of hydrogen-bond donors (Lipinski definition) is 2. The van der Waals surface area contributed by atoms with Crippen LogP contribution in [0.5, 0.6) is 0 Å². The number of carbonyl (C=O) groups excluding carboxylic acids is 1. The fourth-order valence-electron chi connectivity index (χ4n) is 3.17. The summed E-state index contributed by atoms with van der Waals surface area (Å²) in [6.45, 7) is 6.06. The van der Waals surface area contributed by atoms with Gasteiger partial charge in [-0.3, -0.25) is 9.78 Å². The molecule has 3 heterocycles. The predicted octanol–water partition coefficient (Wildman–Crippen LogP) is 2.80. The number of fused-ring (bicyclic) bond motifs is 1. The lowest BCUT2D eigenvalue weighted by Crippen LogP contribution is -2.43. The second-order valence-electron chi connectivity index (χ2n) is 6.19. The highest BCUT2D eigenvalue weighted by Crippen LogP contribution is 2.25. The maximum atomic E-state index is 12.4. The van der Waals surface area contributed by atoms with Crippen molar-refractivity contribution in [3.63, 3.8) is 0 Å². The topological polar surface area (TPSA) is 70.4 Å². The lowest BCUT2D eigenvalue weighted by atomic mass is 10.1. The summed E-state index contributed by atoms with van der Waals surface area (Å²) in [6.07, 6.45) is 1.68. The van der Waals surface area contributed by atoms with Crippen LogP contribution in [0, 0.1) is 6.92 Å². The van der Waals surface area contributed by atoms with Gasteiger partial charge in [0.25, 0.3) is 5.91 Å². The molecule has 1 amide bonds. The predicted molar refractivity (Wildman–Crippen MR) is 98.2 cm³/mol. The van der Waals surface area contributed by atoms with Crippen molar-refractivity contribution >= 4 is 28.4 Å². The highest BCUT2D eigenvalue weighted by molar-refractivity contribution is 6.04. The van der Waals surface area contributed by atoms with Crippen molar-refractivity contribution in [2.75, 3.05) is 36.4 Å². The lowest BCUT2D eigenvalue weighted by molar-refractivity contribution is 0.0998. The Bertz CT molecular complexity index is 880. The van der Waals surface area contributed by atoms with Crippen molar-refractivity contribution < 1.29 is 9.21 Å². The van der Waals surface area contributed by atoms with Crippen LogP contribution in [0.2, 0.25) is 0 Å². The Morgan fingerprint density at radius 1 is 1.24 bits per heavy atom. The van der Waals surface area contributed by atoms with E-state index in [0.717, 1.165) is 37.4 Å². The van der Waals surface area contributed by atoms with Gasteiger partial charge in [0.2, 0.25) is 0 Å². The molecule has 0 atom stereocenters. The molecular weight excluding hydrogens is 316 g/mol. The smallest absolute Gasteiger partial charge is 0.291 e. The first-order chi connectivity index (χ1) is 12.2. The van der Waals surface area contributed by atoms with Gasteiger partial charge >= 0.3 is 0 Å². The fraction of sp³-hybridized carbons (Fsp3) is 0.263. The van der Waals surface area contributed by atoms with E-state index in [9.17, 15) is 4.79 Å². The number of nitrogens with one attached hydrogen (secondary N) is 2. The minimum atomic E-state index is -0.271. The molecule has 25 heavy (non-hydrogen) atoms. The molecule has 4 rings (SSSR count). The van der Waals surface area contributed by atoms with Gasteiger partial charge in [0, 0.05) is 49.8 Å². The molecule has 0 spiro atoms. The van der Waals surface area contributed by atoms with Gasteiger partial charge in [-0.15, -0.1) is 0 Å². The van der Waals surface area contributed by atoms with E-state index in [2.05, 4.69) is 33.5 Å². The van der Waals surface area contributed by atoms with Crippen LogP contribution in [0.3, 0.4) is 0 Å². The van der Waals surface area contributed by atoms with Gasteiger partial charge in [-0.25, -0.2) is 0 Å². The summed E-state index contributed by atoms with van der Waals surface area (Å²) in [5, 5.41) is 6.26. The molecule has 2 aromatic heterocycles. The number of furan rings is 1. The van der Waals surface area contributed by atoms with Crippen molar-refractivity contribution in [2.24, 2.45) is 0 Å². The lowest BCUT2D eigenvalue weighted by Gasteiger charge is -2.30. The maximum Gasteiger partial charge on any atom is 0.291 e. The third kappa shape index (κ3) is 3.21. The Labute approximate surface area is 145 Å². The van der Waals surface area contributed by atoms with Gasteiger partial charge in [0.05, 0.1) is 0 Å². The number of pyridine rings is 1. The number of rotatable bonds is 3. The molecule has 1 fully saturated rings. The summed E-state index contributed by atoms with van der Waals surface area (Å²) in [6, 6.07) is 11.2. The number of nitrogens with zero attached hydrogens (tertiary/aromatic N) is 2. The number of amides is 1. The number of aromatic nitrogens is 1. The van der Waals surface area contributed by atoms with Gasteiger partial charge in [-0.1, -0.05) is 0 Å². The standard InChI is InChI=1S/C19H20N4O2/c1-13-11-14(4-5-16(13)23-9-7-20-8-10-23)22-19(24)18-12-15-17(25-18)3-2-6-21-15/h2-6,11-12,20H,7-10H2,1H3,(H,22,24). The molecule has 3 aromatic rings. The number of carbonyl (C=O) groups is 1. The zero-order valence-corrected chi connectivity index (χ0v) is 14.1. The van der Waals surface area contributed by atoms with Crippen molar-refractivity contribution in [1.82, 2.24) is 10.3 Å². The molecule has 6 nitrogen and oxygen atoms in total. The van der Waals surface area contributed by atoms with Crippen LogP contribution >= 0.6 is 0 Å². The Morgan fingerprint density at radius 3 is 2.84 bits per heavy atom. The van der Waals surface area contributed by atoms with E-state index in [1.54, 1.807) is 24.4 Å². The minimum absolute atomic E-state index is 0.262. The quantitative estimate of drug-likeness (QED) is 0.770. The van der Waals surface area contributed by atoms with Crippen molar-refractivity contribution in [3.05, 3.63) is 53.9 Å². The largest absolute Gasteiger partial charge is 0.449 e. The summed E-state index contributed by atoms with van der Waals surface area (Å²) < 4.78 is 5.56. The van der Waals surface area contributed by atoms with E-state index >= 15 is 0 Å². The first-order valence-electron chi connectivity index (χ1n) is 8.43. The summed E-state index contributed by atoms with van der Waals surface area (Å²) in [5.41, 5.74) is 4.41. The first-order valence-corrected chi connectivity index (χ1v) is 8.43. The van der Waals surface area contributed by atoms with Gasteiger partial charge in [-0.05, 0) is 42.8 Å². The van der Waals surface area contributed by atoms with Crippen LogP contribution in [0.15, 0.2) is 47.0 Å². The molecule has 2 N–H and O–H groups in total. The third-order valence-corrected chi connectivity index (χ3v) is 4.42. The normalized spacial score (nSPS) is 14.7. The molecule has 0 saturated carbocycles. The van der Waals surface area contributed by atoms with Gasteiger partial charge in [-0.2, -0.15) is 0 Å². The van der Waals surface area contributed by atoms with Crippen molar-refractivity contribution in [1.29, 1.82) is 0 Å². The number of aryl methyl sites for hydroxylation is 1. The molecule has 6 heteroatoms. The molecular formula is C19H20N4O2. The molecule has 128 valence electrons. The monoisotopic (exact) mass is 336 g/mol. The number of piperazine rings is 1. The fourth-order valence-corrected chi connectivity index (χ4v) is 3.17. The first kappa shape index (κ1) is 15.7. The van der Waals surface area contributed by atoms with Crippen LogP contribution in [-0.2, 0) is 0 Å². The molecule has 1 aliphatic rings. The van der Waals surface area contributed by atoms with Crippen molar-refractivity contribution in [3.8, 4) is 0 Å². The highest BCUT2D eigenvalue weighted by Gasteiger charge is 2.15. The van der Waals surface area contributed by atoms with E-state index < -0.39 is 0 Å². The zero-order valence-electron chi connectivity index (χ0n) is 14.1. The molecule has 1 saturated heterocycles. The maximum absolute atomic E-state index is 12.4. The average Bonchev–Trinajstić information content (AvgIpc) is 3.07. The Hall–Kier alpha value is -2.86. The van der Waals surface area contributed by atoms with E-state index in [0.29, 0.717) is 11.1 Å². The van der Waals surface area contributed by atoms with E-state index in [-0.39, 0.29) is 11.7 Å². The van der Waals surface area contributed by atoms with Crippen LogP contribution in [-0.4, -0.2) is 37.1 Å². The van der Waals surface area contributed by atoms with E-state index in [1.807, 2.05) is 12.1 Å². The molecule has 1 aliphatic heterocycles. The molecule has 0 radical (unpaired) electrons. The summed E-state index contributed by atoms with van der Waals surface area (Å²) in [5.74, 6) is -0.00939. The SMILES string of the molecule is Cc1cc(NC(=O)c2cc3ncccc3o2)ccc1N1CCNCC1. The zero-order chi connectivity index (χ0) is 17.2. The molecule has 1 aromatic carbocycles. The summed E-state index contributed by atoms with van der Waals surface area (Å²) in [4.78, 5) is 19.0. The third-order valence-electron chi connectivity index (χ3n) is 4.42. The van der Waals surface area contributed by atoms with Crippen LogP contribution in [0.4, 0.5) is 11.4 Å².